The van der Waals surface area contributed by atoms with Gasteiger partial charge in [-0.2, -0.15) is 4.98 Å². The number of benzene rings is 1. The third-order valence-corrected chi connectivity index (χ3v) is 3.57. The van der Waals surface area contributed by atoms with Crippen molar-refractivity contribution in [2.24, 2.45) is 0 Å². The molecule has 1 N–H and O–H groups in total. The summed E-state index contributed by atoms with van der Waals surface area (Å²) < 4.78 is 10.5. The lowest BCUT2D eigenvalue weighted by Crippen LogP contribution is -2.18. The van der Waals surface area contributed by atoms with Gasteiger partial charge in [-0.25, -0.2) is 4.79 Å². The van der Waals surface area contributed by atoms with E-state index >= 15 is 0 Å². The average Bonchev–Trinajstić information content (AvgIpc) is 3.07. The van der Waals surface area contributed by atoms with E-state index in [9.17, 15) is 4.79 Å². The monoisotopic (exact) mass is 328 g/mol. The summed E-state index contributed by atoms with van der Waals surface area (Å²) in [5.41, 5.74) is 0.621. The molecule has 8 heteroatoms. The number of carbonyl (C=O) groups is 1. The molecule has 0 aliphatic carbocycles. The quantitative estimate of drug-likeness (QED) is 0.929. The number of carboxylic acid groups (broad SMARTS) is 1. The first-order valence-corrected chi connectivity index (χ1v) is 6.97. The number of aromatic nitrogens is 2. The van der Waals surface area contributed by atoms with Crippen LogP contribution in [0.1, 0.15) is 24.8 Å². The molecule has 6 nitrogen and oxygen atoms in total. The molecule has 0 saturated carbocycles. The number of hydrogen-bond donors (Lipinski definition) is 1. The van der Waals surface area contributed by atoms with Gasteiger partial charge < -0.3 is 14.4 Å². The van der Waals surface area contributed by atoms with Crippen molar-refractivity contribution in [3.8, 4) is 11.4 Å². The molecule has 1 fully saturated rings. The van der Waals surface area contributed by atoms with Gasteiger partial charge in [0.15, 0.2) is 6.10 Å². The lowest BCUT2D eigenvalue weighted by molar-refractivity contribution is -0.150. The number of rotatable bonds is 3. The van der Waals surface area contributed by atoms with Crippen LogP contribution in [0.25, 0.3) is 11.4 Å². The van der Waals surface area contributed by atoms with E-state index < -0.39 is 18.2 Å². The number of carboxylic acids is 1. The van der Waals surface area contributed by atoms with Gasteiger partial charge in [0.1, 0.15) is 6.10 Å². The van der Waals surface area contributed by atoms with E-state index in [1.54, 1.807) is 18.2 Å². The Kier molecular flexibility index (Phi) is 3.84. The van der Waals surface area contributed by atoms with Crippen molar-refractivity contribution in [3.63, 3.8) is 0 Å². The SMILES string of the molecule is O=C(O)C1CCC(c2nc(-c3cc(Cl)cc(Cl)c3)no2)O1. The molecule has 0 bridgehead atoms. The maximum absolute atomic E-state index is 10.9. The fourth-order valence-electron chi connectivity index (χ4n) is 2.17. The normalized spacial score (nSPS) is 21.6. The maximum Gasteiger partial charge on any atom is 0.332 e. The Labute approximate surface area is 129 Å². The number of ether oxygens (including phenoxy) is 1. The molecule has 0 amide bonds. The fraction of sp³-hybridized carbons (Fsp3) is 0.308. The van der Waals surface area contributed by atoms with Crippen molar-refractivity contribution < 1.29 is 19.2 Å². The van der Waals surface area contributed by atoms with E-state index in [0.29, 0.717) is 34.3 Å². The van der Waals surface area contributed by atoms with Gasteiger partial charge in [-0.05, 0) is 31.0 Å². The van der Waals surface area contributed by atoms with Crippen LogP contribution in [0.5, 0.6) is 0 Å². The predicted molar refractivity (Wildman–Crippen MR) is 74.2 cm³/mol. The summed E-state index contributed by atoms with van der Waals surface area (Å²) in [6.07, 6.45) is -0.386. The highest BCUT2D eigenvalue weighted by Gasteiger charge is 2.34. The van der Waals surface area contributed by atoms with Crippen LogP contribution in [0.15, 0.2) is 22.7 Å². The second-order valence-corrected chi connectivity index (χ2v) is 5.52. The Balaban J connectivity index is 1.82. The van der Waals surface area contributed by atoms with E-state index in [-0.39, 0.29) is 5.89 Å². The molecular weight excluding hydrogens is 319 g/mol. The molecule has 2 unspecified atom stereocenters. The van der Waals surface area contributed by atoms with Gasteiger partial charge in [0.05, 0.1) is 0 Å². The zero-order valence-electron chi connectivity index (χ0n) is 10.6. The molecule has 3 rings (SSSR count). The van der Waals surface area contributed by atoms with Gasteiger partial charge in [-0.1, -0.05) is 28.4 Å². The second kappa shape index (κ2) is 5.63. The second-order valence-electron chi connectivity index (χ2n) is 4.64. The molecular formula is C13H10Cl2N2O4. The van der Waals surface area contributed by atoms with Crippen LogP contribution in [0.4, 0.5) is 0 Å². The minimum absolute atomic E-state index is 0.254. The number of nitrogens with zero attached hydrogens (tertiary/aromatic N) is 2. The van der Waals surface area contributed by atoms with Crippen LogP contribution in [0, 0.1) is 0 Å². The van der Waals surface area contributed by atoms with Crippen LogP contribution in [-0.4, -0.2) is 27.3 Å². The summed E-state index contributed by atoms with van der Waals surface area (Å²) in [5, 5.41) is 13.7. The summed E-state index contributed by atoms with van der Waals surface area (Å²) in [4.78, 5) is 15.1. The van der Waals surface area contributed by atoms with Gasteiger partial charge in [-0.15, -0.1) is 0 Å². The average molecular weight is 329 g/mol. The zero-order valence-corrected chi connectivity index (χ0v) is 12.1. The highest BCUT2D eigenvalue weighted by Crippen LogP contribution is 2.33. The van der Waals surface area contributed by atoms with Crippen molar-refractivity contribution in [2.45, 2.75) is 25.0 Å². The molecule has 2 heterocycles. The minimum Gasteiger partial charge on any atom is -0.479 e. The molecule has 2 aromatic rings. The third kappa shape index (κ3) is 3.02. The fourth-order valence-corrected chi connectivity index (χ4v) is 2.69. The molecule has 0 radical (unpaired) electrons. The van der Waals surface area contributed by atoms with Crippen LogP contribution in [0.2, 0.25) is 10.0 Å². The summed E-state index contributed by atoms with van der Waals surface area (Å²) in [7, 11) is 0. The van der Waals surface area contributed by atoms with Crippen molar-refractivity contribution in [1.82, 2.24) is 10.1 Å². The minimum atomic E-state index is -0.987. The first-order chi connectivity index (χ1) is 10.0. The van der Waals surface area contributed by atoms with Gasteiger partial charge in [0.2, 0.25) is 5.82 Å². The first kappa shape index (κ1) is 14.3. The molecule has 1 aliphatic heterocycles. The van der Waals surface area contributed by atoms with Gasteiger partial charge in [0.25, 0.3) is 5.89 Å². The highest BCUT2D eigenvalue weighted by atomic mass is 35.5. The third-order valence-electron chi connectivity index (χ3n) is 3.13. The Hall–Kier alpha value is -1.63. The van der Waals surface area contributed by atoms with Crippen molar-refractivity contribution in [1.29, 1.82) is 0 Å². The molecule has 1 aromatic carbocycles. The summed E-state index contributed by atoms with van der Waals surface area (Å²) in [5.74, 6) is -0.402. The van der Waals surface area contributed by atoms with Crippen molar-refractivity contribution >= 4 is 29.2 Å². The Bertz CT molecular complexity index is 668. The summed E-state index contributed by atoms with van der Waals surface area (Å²) in [6.45, 7) is 0. The number of aliphatic carboxylic acids is 1. The van der Waals surface area contributed by atoms with Crippen LogP contribution in [-0.2, 0) is 9.53 Å². The topological polar surface area (TPSA) is 85.5 Å². The molecule has 1 aromatic heterocycles. The summed E-state index contributed by atoms with van der Waals surface area (Å²) >= 11 is 11.9. The van der Waals surface area contributed by atoms with Crippen LogP contribution < -0.4 is 0 Å². The highest BCUT2D eigenvalue weighted by molar-refractivity contribution is 6.35. The smallest absolute Gasteiger partial charge is 0.332 e. The Morgan fingerprint density at radius 3 is 2.57 bits per heavy atom. The molecule has 0 spiro atoms. The lowest BCUT2D eigenvalue weighted by atomic mass is 10.2. The van der Waals surface area contributed by atoms with Gasteiger partial charge in [0, 0.05) is 15.6 Å². The van der Waals surface area contributed by atoms with Crippen molar-refractivity contribution in [2.75, 3.05) is 0 Å². The van der Waals surface area contributed by atoms with Gasteiger partial charge in [-0.3, -0.25) is 0 Å². The number of halogens is 2. The Morgan fingerprint density at radius 1 is 1.24 bits per heavy atom. The summed E-state index contributed by atoms with van der Waals surface area (Å²) in [6, 6.07) is 4.93. The molecule has 2 atom stereocenters. The van der Waals surface area contributed by atoms with E-state index in [0.717, 1.165) is 0 Å². The standard InChI is InChI=1S/C13H10Cl2N2O4/c14-7-3-6(4-8(15)5-7)11-16-12(21-17-11)9-1-2-10(20-9)13(18)19/h3-5,9-10H,1-2H2,(H,18,19). The van der Waals surface area contributed by atoms with E-state index in [1.165, 1.54) is 0 Å². The molecule has 1 aliphatic rings. The van der Waals surface area contributed by atoms with Crippen LogP contribution >= 0.6 is 23.2 Å². The predicted octanol–water partition coefficient (Wildman–Crippen LogP) is 3.35. The first-order valence-electron chi connectivity index (χ1n) is 6.21. The lowest BCUT2D eigenvalue weighted by Gasteiger charge is -2.05. The molecule has 110 valence electrons. The van der Waals surface area contributed by atoms with E-state index in [2.05, 4.69) is 10.1 Å². The maximum atomic E-state index is 10.9. The Morgan fingerprint density at radius 2 is 1.95 bits per heavy atom. The van der Waals surface area contributed by atoms with Crippen molar-refractivity contribution in [3.05, 3.63) is 34.1 Å². The molecule has 1 saturated heterocycles. The van der Waals surface area contributed by atoms with E-state index in [4.69, 9.17) is 37.6 Å². The van der Waals surface area contributed by atoms with Crippen LogP contribution in [0.3, 0.4) is 0 Å². The molecule has 21 heavy (non-hydrogen) atoms. The van der Waals surface area contributed by atoms with Gasteiger partial charge >= 0.3 is 5.97 Å². The zero-order chi connectivity index (χ0) is 15.0. The largest absolute Gasteiger partial charge is 0.479 e. The number of hydrogen-bond acceptors (Lipinski definition) is 5. The van der Waals surface area contributed by atoms with E-state index in [1.807, 2.05) is 0 Å².